The first kappa shape index (κ1) is 22.8. The van der Waals surface area contributed by atoms with E-state index in [4.69, 9.17) is 17.2 Å². The molecule has 172 valence electrons. The fourth-order valence-corrected chi connectivity index (χ4v) is 5.59. The zero-order valence-corrected chi connectivity index (χ0v) is 22.1. The Morgan fingerprint density at radius 2 is 1.68 bits per heavy atom. The van der Waals surface area contributed by atoms with Gasteiger partial charge in [-0.3, -0.25) is 4.98 Å². The second kappa shape index (κ2) is 9.01. The molecule has 0 bridgehead atoms. The highest BCUT2D eigenvalue weighted by Crippen LogP contribution is 2.44. The molecule has 4 nitrogen and oxygen atoms in total. The monoisotopic (exact) mass is 530 g/mol. The molecule has 1 aliphatic heterocycles. The molecule has 1 N–H and O–H groups in total. The van der Waals surface area contributed by atoms with Gasteiger partial charge in [-0.1, -0.05) is 40.2 Å². The van der Waals surface area contributed by atoms with Crippen molar-refractivity contribution in [3.63, 3.8) is 0 Å². The van der Waals surface area contributed by atoms with Crippen LogP contribution in [-0.2, 0) is 0 Å². The number of thiocarbonyl (C=S) groups is 1. The fraction of sp³-hybridized carbons (Fsp3) is 0.214. The highest BCUT2D eigenvalue weighted by Gasteiger charge is 2.42. The molecule has 0 aliphatic carbocycles. The molecule has 2 aromatic carbocycles. The highest BCUT2D eigenvalue weighted by atomic mass is 79.9. The van der Waals surface area contributed by atoms with Crippen molar-refractivity contribution < 1.29 is 0 Å². The Morgan fingerprint density at radius 3 is 2.38 bits per heavy atom. The maximum Gasteiger partial charge on any atom is 0.174 e. The summed E-state index contributed by atoms with van der Waals surface area (Å²) in [7, 11) is 0. The van der Waals surface area contributed by atoms with Gasteiger partial charge in [0.2, 0.25) is 0 Å². The summed E-state index contributed by atoms with van der Waals surface area (Å²) in [5.74, 6) is 0. The number of anilines is 1. The van der Waals surface area contributed by atoms with Gasteiger partial charge in [-0.05, 0) is 99.1 Å². The van der Waals surface area contributed by atoms with Gasteiger partial charge in [-0.15, -0.1) is 0 Å². The van der Waals surface area contributed by atoms with Crippen LogP contribution in [-0.4, -0.2) is 14.7 Å². The number of benzene rings is 2. The molecule has 0 amide bonds. The van der Waals surface area contributed by atoms with Gasteiger partial charge in [-0.2, -0.15) is 0 Å². The molecule has 0 radical (unpaired) electrons. The van der Waals surface area contributed by atoms with Crippen molar-refractivity contribution in [2.24, 2.45) is 0 Å². The van der Waals surface area contributed by atoms with E-state index in [1.807, 2.05) is 18.3 Å². The van der Waals surface area contributed by atoms with E-state index in [1.54, 1.807) is 0 Å². The number of nitrogens with zero attached hydrogens (tertiary/aromatic N) is 3. The Bertz CT molecular complexity index is 1380. The molecule has 5 rings (SSSR count). The summed E-state index contributed by atoms with van der Waals surface area (Å²) in [6.07, 6.45) is 1.85. The van der Waals surface area contributed by atoms with Crippen LogP contribution >= 0.6 is 28.1 Å². The number of aromatic nitrogens is 2. The van der Waals surface area contributed by atoms with Crippen LogP contribution in [0.5, 0.6) is 0 Å². The first-order valence-electron chi connectivity index (χ1n) is 11.4. The third kappa shape index (κ3) is 3.85. The molecule has 6 heteroatoms. The van der Waals surface area contributed by atoms with Crippen LogP contribution in [0.1, 0.15) is 45.9 Å². The quantitative estimate of drug-likeness (QED) is 0.286. The van der Waals surface area contributed by atoms with Crippen molar-refractivity contribution in [3.8, 4) is 5.69 Å². The molecule has 0 unspecified atom stereocenters. The zero-order valence-electron chi connectivity index (χ0n) is 19.7. The Hall–Kier alpha value is -2.96. The number of rotatable bonds is 4. The van der Waals surface area contributed by atoms with E-state index in [0.29, 0.717) is 5.11 Å². The summed E-state index contributed by atoms with van der Waals surface area (Å²) in [4.78, 5) is 6.95. The van der Waals surface area contributed by atoms with Crippen molar-refractivity contribution in [1.29, 1.82) is 0 Å². The SMILES string of the molecule is Cc1cc(N2C(=S)N[C@@H](c3ccccn3)[C@H]2c2cc(C)n(-c3ccccc3C)c2C)ccc1Br. The minimum absolute atomic E-state index is 0.0352. The Kier molecular flexibility index (Phi) is 6.04. The fourth-order valence-electron chi connectivity index (χ4n) is 5.00. The maximum absolute atomic E-state index is 5.92. The average Bonchev–Trinajstić information content (AvgIpc) is 3.32. The molecule has 4 aromatic rings. The number of halogens is 1. The van der Waals surface area contributed by atoms with Crippen molar-refractivity contribution in [1.82, 2.24) is 14.9 Å². The van der Waals surface area contributed by atoms with Gasteiger partial charge < -0.3 is 14.8 Å². The summed E-state index contributed by atoms with van der Waals surface area (Å²) in [6, 6.07) is 23.2. The van der Waals surface area contributed by atoms with E-state index in [0.717, 1.165) is 15.9 Å². The first-order chi connectivity index (χ1) is 16.4. The topological polar surface area (TPSA) is 33.1 Å². The van der Waals surface area contributed by atoms with Gasteiger partial charge in [0, 0.05) is 33.4 Å². The third-order valence-corrected chi connectivity index (χ3v) is 7.87. The van der Waals surface area contributed by atoms with E-state index in [2.05, 4.69) is 113 Å². The maximum atomic E-state index is 5.92. The summed E-state index contributed by atoms with van der Waals surface area (Å²) >= 11 is 9.56. The summed E-state index contributed by atoms with van der Waals surface area (Å²) < 4.78 is 3.44. The average molecular weight is 532 g/mol. The molecule has 2 atom stereocenters. The van der Waals surface area contributed by atoms with E-state index in [9.17, 15) is 0 Å². The van der Waals surface area contributed by atoms with E-state index in [1.165, 1.54) is 33.8 Å². The normalized spacial score (nSPS) is 17.8. The lowest BCUT2D eigenvalue weighted by Crippen LogP contribution is -2.29. The number of hydrogen-bond donors (Lipinski definition) is 1. The zero-order chi connectivity index (χ0) is 24.0. The lowest BCUT2D eigenvalue weighted by molar-refractivity contribution is 0.565. The van der Waals surface area contributed by atoms with Gasteiger partial charge in [0.1, 0.15) is 0 Å². The van der Waals surface area contributed by atoms with Crippen LogP contribution in [0.25, 0.3) is 5.69 Å². The summed E-state index contributed by atoms with van der Waals surface area (Å²) in [5, 5.41) is 4.29. The van der Waals surface area contributed by atoms with Gasteiger partial charge >= 0.3 is 0 Å². The molecule has 34 heavy (non-hydrogen) atoms. The number of para-hydroxylation sites is 1. The van der Waals surface area contributed by atoms with E-state index >= 15 is 0 Å². The van der Waals surface area contributed by atoms with Crippen LogP contribution in [0, 0.1) is 27.7 Å². The Labute approximate surface area is 214 Å². The number of nitrogens with one attached hydrogen (secondary N) is 1. The molecule has 1 fully saturated rings. The molecule has 1 aliphatic rings. The Balaban J connectivity index is 1.70. The van der Waals surface area contributed by atoms with Gasteiger partial charge in [0.05, 0.1) is 17.8 Å². The second-order valence-electron chi connectivity index (χ2n) is 8.88. The van der Waals surface area contributed by atoms with Crippen molar-refractivity contribution >= 4 is 38.9 Å². The third-order valence-electron chi connectivity index (χ3n) is 6.66. The highest BCUT2D eigenvalue weighted by molar-refractivity contribution is 9.10. The van der Waals surface area contributed by atoms with Crippen LogP contribution in [0.2, 0.25) is 0 Å². The molecule has 2 aromatic heterocycles. The Morgan fingerprint density at radius 1 is 0.912 bits per heavy atom. The van der Waals surface area contributed by atoms with Crippen LogP contribution in [0.4, 0.5) is 5.69 Å². The van der Waals surface area contributed by atoms with Crippen molar-refractivity contribution in [2.75, 3.05) is 4.90 Å². The van der Waals surface area contributed by atoms with Gasteiger partial charge in [0.15, 0.2) is 5.11 Å². The predicted octanol–water partition coefficient (Wildman–Crippen LogP) is 7.05. The van der Waals surface area contributed by atoms with E-state index < -0.39 is 0 Å². The number of hydrogen-bond acceptors (Lipinski definition) is 2. The standard InChI is InChI=1S/C28H27BrN4S/c1-17-9-5-6-11-25(17)32-19(3)16-22(20(32)4)27-26(24-10-7-8-14-30-24)31-28(34)33(27)21-12-13-23(29)18(2)15-21/h5-16,26-27H,1-4H3,(H,31,34)/t26-,27+/m0/s1. The lowest BCUT2D eigenvalue weighted by atomic mass is 9.96. The van der Waals surface area contributed by atoms with Crippen LogP contribution < -0.4 is 10.2 Å². The minimum Gasteiger partial charge on any atom is -0.351 e. The summed E-state index contributed by atoms with van der Waals surface area (Å²) in [6.45, 7) is 8.65. The molecular weight excluding hydrogens is 504 g/mol. The lowest BCUT2D eigenvalue weighted by Gasteiger charge is -2.28. The van der Waals surface area contributed by atoms with Crippen molar-refractivity contribution in [3.05, 3.63) is 111 Å². The molecule has 0 saturated carbocycles. The molecule has 0 spiro atoms. The molecule has 3 heterocycles. The predicted molar refractivity (Wildman–Crippen MR) is 147 cm³/mol. The second-order valence-corrected chi connectivity index (χ2v) is 10.1. The van der Waals surface area contributed by atoms with Crippen LogP contribution in [0.3, 0.4) is 0 Å². The number of aryl methyl sites for hydroxylation is 3. The minimum atomic E-state index is -0.0662. The first-order valence-corrected chi connectivity index (χ1v) is 12.6. The summed E-state index contributed by atoms with van der Waals surface area (Å²) in [5.41, 5.74) is 9.33. The van der Waals surface area contributed by atoms with Gasteiger partial charge in [-0.25, -0.2) is 0 Å². The van der Waals surface area contributed by atoms with Crippen molar-refractivity contribution in [2.45, 2.75) is 39.8 Å². The van der Waals surface area contributed by atoms with Crippen LogP contribution in [0.15, 0.2) is 77.4 Å². The molecular formula is C28H27BrN4S. The van der Waals surface area contributed by atoms with Gasteiger partial charge in [0.25, 0.3) is 0 Å². The smallest absolute Gasteiger partial charge is 0.174 e. The molecule has 1 saturated heterocycles. The largest absolute Gasteiger partial charge is 0.351 e. The number of pyridine rings is 1. The van der Waals surface area contributed by atoms with E-state index in [-0.39, 0.29) is 12.1 Å².